The van der Waals surface area contributed by atoms with Crippen LogP contribution in [0.5, 0.6) is 0 Å². The van der Waals surface area contributed by atoms with E-state index in [4.69, 9.17) is 9.72 Å². The van der Waals surface area contributed by atoms with Crippen molar-refractivity contribution in [3.8, 4) is 0 Å². The molecule has 8 heteroatoms. The largest absolute Gasteiger partial charge is 0.396 e. The van der Waals surface area contributed by atoms with Crippen molar-refractivity contribution in [2.75, 3.05) is 40.0 Å². The molecule has 0 spiro atoms. The second-order valence-electron chi connectivity index (χ2n) is 7.03. The molecular formula is C19H30IN5O2. The highest BCUT2D eigenvalue weighted by Crippen LogP contribution is 2.31. The molecule has 0 bridgehead atoms. The number of hydrogen-bond acceptors (Lipinski definition) is 4. The van der Waals surface area contributed by atoms with Gasteiger partial charge in [-0.05, 0) is 31.4 Å². The number of pyridine rings is 1. The number of nitrogens with zero attached hydrogens (tertiary/aromatic N) is 3. The van der Waals surface area contributed by atoms with Crippen LogP contribution in [-0.2, 0) is 11.2 Å². The van der Waals surface area contributed by atoms with E-state index < -0.39 is 0 Å². The lowest BCUT2D eigenvalue weighted by Gasteiger charge is -2.27. The normalized spacial score (nSPS) is 19.9. The van der Waals surface area contributed by atoms with Gasteiger partial charge in [-0.3, -0.25) is 4.99 Å². The minimum Gasteiger partial charge on any atom is -0.396 e. The van der Waals surface area contributed by atoms with Gasteiger partial charge in [-0.15, -0.1) is 24.0 Å². The molecule has 1 unspecified atom stereocenters. The Kier molecular flexibility index (Phi) is 8.30. The van der Waals surface area contributed by atoms with Gasteiger partial charge in [0.15, 0.2) is 5.96 Å². The van der Waals surface area contributed by atoms with E-state index in [1.54, 1.807) is 7.05 Å². The zero-order valence-electron chi connectivity index (χ0n) is 16.1. The van der Waals surface area contributed by atoms with Gasteiger partial charge in [0, 0.05) is 57.6 Å². The number of halogens is 1. The first kappa shape index (κ1) is 21.9. The third-order valence-corrected chi connectivity index (χ3v) is 5.08. The van der Waals surface area contributed by atoms with Crippen molar-refractivity contribution in [3.05, 3.63) is 35.8 Å². The molecule has 150 valence electrons. The van der Waals surface area contributed by atoms with Crippen molar-refractivity contribution in [1.82, 2.24) is 20.0 Å². The van der Waals surface area contributed by atoms with Crippen molar-refractivity contribution in [3.63, 3.8) is 0 Å². The third-order valence-electron chi connectivity index (χ3n) is 5.08. The predicted molar refractivity (Wildman–Crippen MR) is 118 cm³/mol. The van der Waals surface area contributed by atoms with E-state index in [0.717, 1.165) is 56.3 Å². The lowest BCUT2D eigenvalue weighted by atomic mass is 9.84. The smallest absolute Gasteiger partial charge is 0.191 e. The van der Waals surface area contributed by atoms with Gasteiger partial charge in [0.1, 0.15) is 5.65 Å². The van der Waals surface area contributed by atoms with Gasteiger partial charge in [-0.1, -0.05) is 6.07 Å². The molecule has 2 aromatic heterocycles. The summed E-state index contributed by atoms with van der Waals surface area (Å²) in [4.78, 5) is 8.99. The average molecular weight is 487 g/mol. The Morgan fingerprint density at radius 2 is 2.30 bits per heavy atom. The van der Waals surface area contributed by atoms with E-state index in [9.17, 15) is 5.11 Å². The molecule has 7 nitrogen and oxygen atoms in total. The molecule has 0 saturated carbocycles. The highest BCUT2D eigenvalue weighted by Gasteiger charge is 2.34. The van der Waals surface area contributed by atoms with E-state index in [1.807, 2.05) is 12.3 Å². The van der Waals surface area contributed by atoms with Gasteiger partial charge in [0.2, 0.25) is 0 Å². The standard InChI is InChI=1S/C19H29N5O2.HI/c1-15-4-3-9-24-12-16(23-17(15)24)5-8-21-18(20-2)22-13-19(6-10-25)7-11-26-14-19;/h3-4,9,12,25H,5-8,10-11,13-14H2,1-2H3,(H2,20,21,22);1H. The first-order valence-electron chi connectivity index (χ1n) is 9.22. The lowest BCUT2D eigenvalue weighted by Crippen LogP contribution is -2.45. The molecule has 2 aromatic rings. The molecular weight excluding hydrogens is 457 g/mol. The highest BCUT2D eigenvalue weighted by molar-refractivity contribution is 14.0. The van der Waals surface area contributed by atoms with Crippen molar-refractivity contribution >= 4 is 35.6 Å². The second-order valence-corrected chi connectivity index (χ2v) is 7.03. The summed E-state index contributed by atoms with van der Waals surface area (Å²) in [6.07, 6.45) is 6.64. The SMILES string of the molecule is CN=C(NCCc1cn2cccc(C)c2n1)NCC1(CCO)CCOC1.I. The summed E-state index contributed by atoms with van der Waals surface area (Å²) in [5.41, 5.74) is 3.25. The number of aliphatic imine (C=N–C) groups is 1. The molecule has 1 aliphatic rings. The zero-order chi connectivity index (χ0) is 18.4. The van der Waals surface area contributed by atoms with Crippen molar-refractivity contribution in [1.29, 1.82) is 0 Å². The first-order valence-corrected chi connectivity index (χ1v) is 9.22. The van der Waals surface area contributed by atoms with Crippen molar-refractivity contribution in [2.24, 2.45) is 10.4 Å². The van der Waals surface area contributed by atoms with Crippen LogP contribution in [0.2, 0.25) is 0 Å². The van der Waals surface area contributed by atoms with Gasteiger partial charge < -0.3 is 24.9 Å². The summed E-state index contributed by atoms with van der Waals surface area (Å²) >= 11 is 0. The average Bonchev–Trinajstić information content (AvgIpc) is 3.26. The molecule has 1 atom stereocenters. The fourth-order valence-corrected chi connectivity index (χ4v) is 3.44. The molecule has 1 saturated heterocycles. The third kappa shape index (κ3) is 5.55. The molecule has 1 aliphatic heterocycles. The number of fused-ring (bicyclic) bond motifs is 1. The number of aryl methyl sites for hydroxylation is 1. The monoisotopic (exact) mass is 487 g/mol. The van der Waals surface area contributed by atoms with Crippen molar-refractivity contribution < 1.29 is 9.84 Å². The maximum atomic E-state index is 9.32. The summed E-state index contributed by atoms with van der Waals surface area (Å²) in [6, 6.07) is 4.11. The van der Waals surface area contributed by atoms with Gasteiger partial charge in [0.25, 0.3) is 0 Å². The number of rotatable bonds is 7. The Labute approximate surface area is 177 Å². The number of aromatic nitrogens is 2. The minimum atomic E-state index is 0. The van der Waals surface area contributed by atoms with Crippen LogP contribution in [0.3, 0.4) is 0 Å². The molecule has 0 radical (unpaired) electrons. The maximum Gasteiger partial charge on any atom is 0.191 e. The number of imidazole rings is 1. The summed E-state index contributed by atoms with van der Waals surface area (Å²) in [5.74, 6) is 0.772. The Hall–Kier alpha value is -1.39. The lowest BCUT2D eigenvalue weighted by molar-refractivity contribution is 0.127. The molecule has 3 N–H and O–H groups in total. The van der Waals surface area contributed by atoms with E-state index in [1.165, 1.54) is 5.56 Å². The summed E-state index contributed by atoms with van der Waals surface area (Å²) in [7, 11) is 1.77. The number of aliphatic hydroxyl groups excluding tert-OH is 1. The van der Waals surface area contributed by atoms with E-state index in [2.05, 4.69) is 39.2 Å². The van der Waals surface area contributed by atoms with Crippen LogP contribution in [0.1, 0.15) is 24.1 Å². The van der Waals surface area contributed by atoms with Crippen LogP contribution in [0.4, 0.5) is 0 Å². The fourth-order valence-electron chi connectivity index (χ4n) is 3.44. The Morgan fingerprint density at radius 1 is 1.44 bits per heavy atom. The van der Waals surface area contributed by atoms with E-state index >= 15 is 0 Å². The summed E-state index contributed by atoms with van der Waals surface area (Å²) in [6.45, 7) is 5.22. The highest BCUT2D eigenvalue weighted by atomic mass is 127. The van der Waals surface area contributed by atoms with Crippen LogP contribution in [0.25, 0.3) is 5.65 Å². The Balaban J connectivity index is 0.00000261. The molecule has 3 heterocycles. The number of nitrogens with one attached hydrogen (secondary N) is 2. The van der Waals surface area contributed by atoms with Crippen LogP contribution < -0.4 is 10.6 Å². The minimum absolute atomic E-state index is 0. The van der Waals surface area contributed by atoms with E-state index in [0.29, 0.717) is 6.61 Å². The fraction of sp³-hybridized carbons (Fsp3) is 0.579. The number of guanidine groups is 1. The van der Waals surface area contributed by atoms with Crippen LogP contribution in [-0.4, -0.2) is 60.4 Å². The quantitative estimate of drug-likeness (QED) is 0.315. The van der Waals surface area contributed by atoms with Crippen LogP contribution >= 0.6 is 24.0 Å². The van der Waals surface area contributed by atoms with Crippen LogP contribution in [0.15, 0.2) is 29.5 Å². The van der Waals surface area contributed by atoms with Gasteiger partial charge in [-0.2, -0.15) is 0 Å². The molecule has 0 amide bonds. The zero-order valence-corrected chi connectivity index (χ0v) is 18.4. The number of hydrogen-bond donors (Lipinski definition) is 3. The Morgan fingerprint density at radius 3 is 2.96 bits per heavy atom. The summed E-state index contributed by atoms with van der Waals surface area (Å²) in [5, 5.41) is 16.1. The molecule has 0 aliphatic carbocycles. The maximum absolute atomic E-state index is 9.32. The Bertz CT molecular complexity index is 756. The van der Waals surface area contributed by atoms with Crippen LogP contribution in [0, 0.1) is 12.3 Å². The molecule has 1 fully saturated rings. The number of ether oxygens (including phenoxy) is 1. The van der Waals surface area contributed by atoms with Crippen molar-refractivity contribution in [2.45, 2.75) is 26.2 Å². The number of aliphatic hydroxyl groups is 1. The molecule has 27 heavy (non-hydrogen) atoms. The molecule has 0 aromatic carbocycles. The van der Waals surface area contributed by atoms with E-state index in [-0.39, 0.29) is 36.0 Å². The first-order chi connectivity index (χ1) is 12.7. The molecule has 3 rings (SSSR count). The van der Waals surface area contributed by atoms with Gasteiger partial charge >= 0.3 is 0 Å². The van der Waals surface area contributed by atoms with Gasteiger partial charge in [-0.25, -0.2) is 4.98 Å². The second kappa shape index (κ2) is 10.2. The van der Waals surface area contributed by atoms with Gasteiger partial charge in [0.05, 0.1) is 12.3 Å². The predicted octanol–water partition coefficient (Wildman–Crippen LogP) is 1.76. The topological polar surface area (TPSA) is 83.2 Å². The summed E-state index contributed by atoms with van der Waals surface area (Å²) < 4.78 is 7.60.